The molecule has 1 amide bonds. The lowest BCUT2D eigenvalue weighted by Crippen LogP contribution is -2.26. The molecule has 20 heavy (non-hydrogen) atoms. The molecule has 1 aliphatic rings. The monoisotopic (exact) mass is 273 g/mol. The minimum absolute atomic E-state index is 0.0603. The van der Waals surface area contributed by atoms with Gasteiger partial charge in [0, 0.05) is 5.69 Å². The van der Waals surface area contributed by atoms with Crippen molar-refractivity contribution in [2.75, 3.05) is 5.32 Å². The van der Waals surface area contributed by atoms with E-state index in [0.29, 0.717) is 5.92 Å². The van der Waals surface area contributed by atoms with Crippen LogP contribution in [0.4, 0.5) is 10.5 Å². The molecular weight excluding hydrogens is 250 g/mol. The van der Waals surface area contributed by atoms with Crippen molar-refractivity contribution >= 4 is 11.8 Å². The van der Waals surface area contributed by atoms with Gasteiger partial charge in [-0.05, 0) is 49.3 Å². The van der Waals surface area contributed by atoms with Crippen LogP contribution in [0, 0.1) is 5.92 Å². The number of hydrogen-bond donors (Lipinski definition) is 1. The maximum Gasteiger partial charge on any atom is 0.412 e. The number of amides is 1. The lowest BCUT2D eigenvalue weighted by atomic mass is 9.90. The van der Waals surface area contributed by atoms with Gasteiger partial charge in [0.2, 0.25) is 0 Å². The Morgan fingerprint density at radius 3 is 2.75 bits per heavy atom. The van der Waals surface area contributed by atoms with Gasteiger partial charge in [0.1, 0.15) is 6.10 Å². The number of carbonyl (C=O) groups excluding carboxylic acids is 1. The van der Waals surface area contributed by atoms with E-state index in [1.807, 2.05) is 30.3 Å². The molecule has 3 nitrogen and oxygen atoms in total. The second-order valence-electron chi connectivity index (χ2n) is 5.62. The molecule has 0 heterocycles. The molecule has 0 aliphatic heterocycles. The van der Waals surface area contributed by atoms with Gasteiger partial charge in [0.15, 0.2) is 0 Å². The van der Waals surface area contributed by atoms with Crippen molar-refractivity contribution in [2.45, 2.75) is 45.6 Å². The number of ether oxygens (including phenoxy) is 1. The van der Waals surface area contributed by atoms with E-state index in [1.165, 1.54) is 12.0 Å². The molecule has 108 valence electrons. The smallest absolute Gasteiger partial charge is 0.412 e. The fourth-order valence-corrected chi connectivity index (χ4v) is 2.56. The Morgan fingerprint density at radius 2 is 2.05 bits per heavy atom. The highest BCUT2D eigenvalue weighted by atomic mass is 16.6. The first-order valence-electron chi connectivity index (χ1n) is 7.38. The molecule has 0 bridgehead atoms. The second-order valence-corrected chi connectivity index (χ2v) is 5.62. The van der Waals surface area contributed by atoms with Crippen LogP contribution in [0.2, 0.25) is 0 Å². The molecule has 2 rings (SSSR count). The van der Waals surface area contributed by atoms with Crippen molar-refractivity contribution < 1.29 is 9.53 Å². The lowest BCUT2D eigenvalue weighted by molar-refractivity contribution is 0.114. The summed E-state index contributed by atoms with van der Waals surface area (Å²) >= 11 is 0. The van der Waals surface area contributed by atoms with Crippen molar-refractivity contribution in [3.8, 4) is 0 Å². The molecule has 1 aromatic rings. The van der Waals surface area contributed by atoms with Gasteiger partial charge in [0.05, 0.1) is 0 Å². The maximum absolute atomic E-state index is 12.0. The molecule has 1 N–H and O–H groups in total. The highest BCUT2D eigenvalue weighted by Gasteiger charge is 2.22. The van der Waals surface area contributed by atoms with Crippen LogP contribution in [0.3, 0.4) is 0 Å². The standard InChI is InChI=1S/C17H23NO2/c1-13(2)12-14-8-6-7-11-16(14)20-17(19)18-15-9-4-3-5-10-15/h3-5,9-10,12-13,16H,6-8,11H2,1-2H3,(H,18,19). The van der Waals surface area contributed by atoms with Gasteiger partial charge >= 0.3 is 6.09 Å². The number of para-hydroxylation sites is 1. The molecule has 3 heteroatoms. The third kappa shape index (κ3) is 4.41. The Bertz CT molecular complexity index is 465. The Labute approximate surface area is 121 Å². The SMILES string of the molecule is CC(C)C=C1CCCCC1OC(=O)Nc1ccccc1. The van der Waals surface area contributed by atoms with Crippen LogP contribution in [0.5, 0.6) is 0 Å². The fraction of sp³-hybridized carbons (Fsp3) is 0.471. The van der Waals surface area contributed by atoms with Crippen LogP contribution in [0.25, 0.3) is 0 Å². The van der Waals surface area contributed by atoms with E-state index in [9.17, 15) is 4.79 Å². The Balaban J connectivity index is 1.95. The van der Waals surface area contributed by atoms with Crippen molar-refractivity contribution in [2.24, 2.45) is 5.92 Å². The van der Waals surface area contributed by atoms with E-state index in [4.69, 9.17) is 4.74 Å². The summed E-state index contributed by atoms with van der Waals surface area (Å²) < 4.78 is 5.59. The van der Waals surface area contributed by atoms with Gasteiger partial charge in [-0.25, -0.2) is 4.79 Å². The van der Waals surface area contributed by atoms with Gasteiger partial charge in [0.25, 0.3) is 0 Å². The highest BCUT2D eigenvalue weighted by Crippen LogP contribution is 2.27. The zero-order chi connectivity index (χ0) is 14.4. The Hall–Kier alpha value is -1.77. The third-order valence-corrected chi connectivity index (χ3v) is 3.41. The first-order valence-corrected chi connectivity index (χ1v) is 7.38. The molecule has 0 spiro atoms. The zero-order valence-electron chi connectivity index (χ0n) is 12.3. The predicted octanol–water partition coefficient (Wildman–Crippen LogP) is 4.76. The van der Waals surface area contributed by atoms with E-state index in [1.54, 1.807) is 0 Å². The summed E-state index contributed by atoms with van der Waals surface area (Å²) in [6.07, 6.45) is 6.10. The van der Waals surface area contributed by atoms with E-state index >= 15 is 0 Å². The average Bonchev–Trinajstić information content (AvgIpc) is 2.41. The number of allylic oxidation sites excluding steroid dienone is 1. The van der Waals surface area contributed by atoms with E-state index in [2.05, 4.69) is 25.2 Å². The zero-order valence-corrected chi connectivity index (χ0v) is 12.3. The molecule has 0 radical (unpaired) electrons. The number of rotatable bonds is 3. The van der Waals surface area contributed by atoms with Crippen molar-refractivity contribution in [3.05, 3.63) is 42.0 Å². The first-order chi connectivity index (χ1) is 9.65. The van der Waals surface area contributed by atoms with Crippen LogP contribution in [-0.2, 0) is 4.74 Å². The quantitative estimate of drug-likeness (QED) is 0.806. The molecule has 1 aliphatic carbocycles. The van der Waals surface area contributed by atoms with Crippen LogP contribution in [0.15, 0.2) is 42.0 Å². The van der Waals surface area contributed by atoms with Crippen LogP contribution < -0.4 is 5.32 Å². The molecule has 0 saturated heterocycles. The van der Waals surface area contributed by atoms with Gasteiger partial charge in [-0.15, -0.1) is 0 Å². The lowest BCUT2D eigenvalue weighted by Gasteiger charge is -2.26. The van der Waals surface area contributed by atoms with Crippen LogP contribution in [-0.4, -0.2) is 12.2 Å². The minimum Gasteiger partial charge on any atom is -0.441 e. The molecule has 1 saturated carbocycles. The van der Waals surface area contributed by atoms with Gasteiger partial charge < -0.3 is 4.74 Å². The number of carbonyl (C=O) groups is 1. The summed E-state index contributed by atoms with van der Waals surface area (Å²) in [7, 11) is 0. The second kappa shape index (κ2) is 7.13. The number of nitrogens with one attached hydrogen (secondary N) is 1. The molecule has 1 fully saturated rings. The summed E-state index contributed by atoms with van der Waals surface area (Å²) in [5, 5.41) is 2.77. The summed E-state index contributed by atoms with van der Waals surface area (Å²) in [5.41, 5.74) is 2.04. The van der Waals surface area contributed by atoms with Crippen LogP contribution >= 0.6 is 0 Å². The normalized spacial score (nSPS) is 20.9. The topological polar surface area (TPSA) is 38.3 Å². The summed E-state index contributed by atoms with van der Waals surface area (Å²) in [4.78, 5) is 12.0. The van der Waals surface area contributed by atoms with Gasteiger partial charge in [-0.2, -0.15) is 0 Å². The third-order valence-electron chi connectivity index (χ3n) is 3.41. The minimum atomic E-state index is -0.363. The molecule has 1 unspecified atom stereocenters. The van der Waals surface area contributed by atoms with E-state index < -0.39 is 0 Å². The molecule has 0 aromatic heterocycles. The summed E-state index contributed by atoms with van der Waals surface area (Å²) in [6, 6.07) is 9.40. The first kappa shape index (κ1) is 14.6. The Kier molecular flexibility index (Phi) is 5.22. The van der Waals surface area contributed by atoms with Crippen molar-refractivity contribution in [3.63, 3.8) is 0 Å². The predicted molar refractivity (Wildman–Crippen MR) is 81.7 cm³/mol. The highest BCUT2D eigenvalue weighted by molar-refractivity contribution is 5.84. The number of benzene rings is 1. The van der Waals surface area contributed by atoms with Gasteiger partial charge in [-0.3, -0.25) is 5.32 Å². The summed E-state index contributed by atoms with van der Waals surface area (Å²) in [6.45, 7) is 4.31. The molecule has 1 atom stereocenters. The maximum atomic E-state index is 12.0. The number of anilines is 1. The fourth-order valence-electron chi connectivity index (χ4n) is 2.56. The summed E-state index contributed by atoms with van der Waals surface area (Å²) in [5.74, 6) is 0.492. The molecule has 1 aromatic carbocycles. The van der Waals surface area contributed by atoms with Crippen molar-refractivity contribution in [1.82, 2.24) is 0 Å². The van der Waals surface area contributed by atoms with E-state index in [0.717, 1.165) is 24.9 Å². The molecular formula is C17H23NO2. The largest absolute Gasteiger partial charge is 0.441 e. The average molecular weight is 273 g/mol. The van der Waals surface area contributed by atoms with Crippen LogP contribution in [0.1, 0.15) is 39.5 Å². The van der Waals surface area contributed by atoms with Crippen molar-refractivity contribution in [1.29, 1.82) is 0 Å². The van der Waals surface area contributed by atoms with E-state index in [-0.39, 0.29) is 12.2 Å². The van der Waals surface area contributed by atoms with Gasteiger partial charge in [-0.1, -0.05) is 38.1 Å². The Morgan fingerprint density at radius 1 is 1.30 bits per heavy atom. The number of hydrogen-bond acceptors (Lipinski definition) is 2.